The first kappa shape index (κ1) is 22.9. The number of hydrogen-bond donors (Lipinski definition) is 1. The summed E-state index contributed by atoms with van der Waals surface area (Å²) in [6, 6.07) is 12.2. The molecule has 0 saturated carbocycles. The summed E-state index contributed by atoms with van der Waals surface area (Å²) in [7, 11) is 1.49. The van der Waals surface area contributed by atoms with Crippen molar-refractivity contribution in [1.29, 1.82) is 0 Å². The summed E-state index contributed by atoms with van der Waals surface area (Å²) in [6.45, 7) is 5.82. The summed E-state index contributed by atoms with van der Waals surface area (Å²) in [5, 5.41) is 2.82. The quantitative estimate of drug-likeness (QED) is 0.639. The third-order valence-corrected chi connectivity index (χ3v) is 4.44. The summed E-state index contributed by atoms with van der Waals surface area (Å²) in [5.41, 5.74) is 2.94. The topological polar surface area (TPSA) is 84.9 Å². The van der Waals surface area contributed by atoms with Crippen LogP contribution in [0.15, 0.2) is 42.5 Å². The van der Waals surface area contributed by atoms with Gasteiger partial charge in [0.15, 0.2) is 6.61 Å². The van der Waals surface area contributed by atoms with E-state index in [1.54, 1.807) is 24.3 Å². The van der Waals surface area contributed by atoms with Crippen molar-refractivity contribution < 1.29 is 23.9 Å². The number of amides is 2. The van der Waals surface area contributed by atoms with Gasteiger partial charge in [-0.1, -0.05) is 25.1 Å². The van der Waals surface area contributed by atoms with Crippen LogP contribution < -0.4 is 10.1 Å². The van der Waals surface area contributed by atoms with Gasteiger partial charge < -0.3 is 19.7 Å². The third-order valence-electron chi connectivity index (χ3n) is 4.44. The predicted octanol–water partition coefficient (Wildman–Crippen LogP) is 3.35. The molecule has 0 saturated heterocycles. The van der Waals surface area contributed by atoms with Crippen molar-refractivity contribution in [3.63, 3.8) is 0 Å². The molecule has 0 aliphatic heterocycles. The maximum atomic E-state index is 12.3. The van der Waals surface area contributed by atoms with E-state index in [4.69, 9.17) is 9.47 Å². The van der Waals surface area contributed by atoms with Crippen molar-refractivity contribution in [2.24, 2.45) is 0 Å². The summed E-state index contributed by atoms with van der Waals surface area (Å²) >= 11 is 0. The van der Waals surface area contributed by atoms with Gasteiger partial charge in [-0.25, -0.2) is 4.79 Å². The molecule has 7 heteroatoms. The van der Waals surface area contributed by atoms with Crippen molar-refractivity contribution in [2.45, 2.75) is 27.2 Å². The van der Waals surface area contributed by atoms with E-state index in [1.807, 2.05) is 39.0 Å². The molecule has 0 atom stereocenters. The van der Waals surface area contributed by atoms with Crippen LogP contribution in [0.5, 0.6) is 5.75 Å². The van der Waals surface area contributed by atoms with E-state index in [1.165, 1.54) is 11.9 Å². The second-order valence-electron chi connectivity index (χ2n) is 7.01. The van der Waals surface area contributed by atoms with E-state index in [0.717, 1.165) is 23.2 Å². The molecule has 0 unspecified atom stereocenters. The minimum atomic E-state index is -0.612. The van der Waals surface area contributed by atoms with Gasteiger partial charge in [-0.2, -0.15) is 0 Å². The fraction of sp³-hybridized carbons (Fsp3) is 0.348. The first-order valence-electron chi connectivity index (χ1n) is 9.81. The predicted molar refractivity (Wildman–Crippen MR) is 115 cm³/mol. The highest BCUT2D eigenvalue weighted by atomic mass is 16.5. The maximum absolute atomic E-state index is 12.3. The molecule has 160 valence electrons. The molecule has 2 aromatic rings. The molecular formula is C23H28N2O5. The lowest BCUT2D eigenvalue weighted by Crippen LogP contribution is -2.37. The minimum absolute atomic E-state index is 0.145. The highest BCUT2D eigenvalue weighted by molar-refractivity contribution is 5.96. The van der Waals surface area contributed by atoms with Crippen molar-refractivity contribution in [2.75, 3.05) is 32.1 Å². The van der Waals surface area contributed by atoms with Crippen molar-refractivity contribution >= 4 is 23.5 Å². The lowest BCUT2D eigenvalue weighted by atomic mass is 10.1. The van der Waals surface area contributed by atoms with Gasteiger partial charge in [0.05, 0.1) is 18.7 Å². The Morgan fingerprint density at radius 2 is 1.63 bits per heavy atom. The average Bonchev–Trinajstić information content (AvgIpc) is 2.73. The summed E-state index contributed by atoms with van der Waals surface area (Å²) in [5.74, 6) is -0.738. The van der Waals surface area contributed by atoms with Gasteiger partial charge >= 0.3 is 5.97 Å². The first-order valence-corrected chi connectivity index (χ1v) is 9.81. The minimum Gasteiger partial charge on any atom is -0.494 e. The Bertz CT molecular complexity index is 873. The number of rotatable bonds is 9. The summed E-state index contributed by atoms with van der Waals surface area (Å²) in [4.78, 5) is 37.8. The number of aryl methyl sites for hydroxylation is 2. The highest BCUT2D eigenvalue weighted by Gasteiger charge is 2.17. The van der Waals surface area contributed by atoms with E-state index in [-0.39, 0.29) is 12.5 Å². The molecule has 30 heavy (non-hydrogen) atoms. The number of carbonyl (C=O) groups is 3. The number of esters is 1. The van der Waals surface area contributed by atoms with E-state index in [0.29, 0.717) is 17.9 Å². The van der Waals surface area contributed by atoms with Gasteiger partial charge in [-0.3, -0.25) is 9.59 Å². The van der Waals surface area contributed by atoms with Gasteiger partial charge in [-0.15, -0.1) is 0 Å². The normalized spacial score (nSPS) is 10.3. The van der Waals surface area contributed by atoms with Crippen LogP contribution in [0.2, 0.25) is 0 Å². The van der Waals surface area contributed by atoms with Crippen molar-refractivity contribution in [1.82, 2.24) is 4.90 Å². The number of likely N-dealkylation sites (N-methyl/N-ethyl adjacent to an activating group) is 1. The SMILES string of the molecule is CCCOc1ccc(C(=O)OCC(=O)N(C)CC(=O)Nc2c(C)cccc2C)cc1. The Morgan fingerprint density at radius 1 is 1.00 bits per heavy atom. The number of nitrogens with zero attached hydrogens (tertiary/aromatic N) is 1. The van der Waals surface area contributed by atoms with Gasteiger partial charge in [0.2, 0.25) is 5.91 Å². The summed E-state index contributed by atoms with van der Waals surface area (Å²) < 4.78 is 10.5. The van der Waals surface area contributed by atoms with Crippen LogP contribution >= 0.6 is 0 Å². The molecule has 0 fully saturated rings. The molecule has 1 N–H and O–H groups in total. The Labute approximate surface area is 177 Å². The zero-order chi connectivity index (χ0) is 22.1. The molecule has 0 aliphatic carbocycles. The van der Waals surface area contributed by atoms with E-state index >= 15 is 0 Å². The average molecular weight is 412 g/mol. The van der Waals surface area contributed by atoms with Crippen LogP contribution in [-0.2, 0) is 14.3 Å². The molecule has 2 aromatic carbocycles. The van der Waals surface area contributed by atoms with Crippen LogP contribution in [0.4, 0.5) is 5.69 Å². The Hall–Kier alpha value is -3.35. The smallest absolute Gasteiger partial charge is 0.338 e. The van der Waals surface area contributed by atoms with Crippen LogP contribution in [0, 0.1) is 13.8 Å². The molecular weight excluding hydrogens is 384 g/mol. The maximum Gasteiger partial charge on any atom is 0.338 e. The fourth-order valence-corrected chi connectivity index (χ4v) is 2.72. The molecule has 0 radical (unpaired) electrons. The molecule has 0 spiro atoms. The number of ether oxygens (including phenoxy) is 2. The van der Waals surface area contributed by atoms with E-state index < -0.39 is 18.5 Å². The fourth-order valence-electron chi connectivity index (χ4n) is 2.72. The summed E-state index contributed by atoms with van der Waals surface area (Å²) in [6.07, 6.45) is 0.891. The standard InChI is InChI=1S/C23H28N2O5/c1-5-13-29-19-11-9-18(10-12-19)23(28)30-15-21(27)25(4)14-20(26)24-22-16(2)7-6-8-17(22)3/h6-12H,5,13-15H2,1-4H3,(H,24,26). The molecule has 2 amide bonds. The lowest BCUT2D eigenvalue weighted by molar-refractivity contribution is -0.136. The van der Waals surface area contributed by atoms with Crippen LogP contribution in [0.25, 0.3) is 0 Å². The Balaban J connectivity index is 1.82. The lowest BCUT2D eigenvalue weighted by Gasteiger charge is -2.18. The zero-order valence-corrected chi connectivity index (χ0v) is 17.9. The molecule has 0 aliphatic rings. The molecule has 0 heterocycles. The largest absolute Gasteiger partial charge is 0.494 e. The zero-order valence-electron chi connectivity index (χ0n) is 17.9. The third kappa shape index (κ3) is 6.62. The van der Waals surface area contributed by atoms with Crippen LogP contribution in [0.1, 0.15) is 34.8 Å². The first-order chi connectivity index (χ1) is 14.3. The van der Waals surface area contributed by atoms with Gasteiger partial charge in [0, 0.05) is 12.7 Å². The highest BCUT2D eigenvalue weighted by Crippen LogP contribution is 2.19. The second-order valence-corrected chi connectivity index (χ2v) is 7.01. The van der Waals surface area contributed by atoms with Crippen LogP contribution in [0.3, 0.4) is 0 Å². The van der Waals surface area contributed by atoms with E-state index in [9.17, 15) is 14.4 Å². The number of para-hydroxylation sites is 1. The molecule has 7 nitrogen and oxygen atoms in total. The van der Waals surface area contributed by atoms with Crippen molar-refractivity contribution in [3.8, 4) is 5.75 Å². The molecule has 0 bridgehead atoms. The monoisotopic (exact) mass is 412 g/mol. The number of carbonyl (C=O) groups excluding carboxylic acids is 3. The number of hydrogen-bond acceptors (Lipinski definition) is 5. The van der Waals surface area contributed by atoms with Crippen LogP contribution in [-0.4, -0.2) is 49.5 Å². The second kappa shape index (κ2) is 11.0. The Morgan fingerprint density at radius 3 is 2.23 bits per heavy atom. The van der Waals surface area contributed by atoms with Crippen molar-refractivity contribution in [3.05, 3.63) is 59.2 Å². The van der Waals surface area contributed by atoms with Gasteiger partial charge in [0.25, 0.3) is 5.91 Å². The molecule has 0 aromatic heterocycles. The van der Waals surface area contributed by atoms with Gasteiger partial charge in [0.1, 0.15) is 5.75 Å². The number of nitrogens with one attached hydrogen (secondary N) is 1. The number of anilines is 1. The van der Waals surface area contributed by atoms with Gasteiger partial charge in [-0.05, 0) is 55.7 Å². The van der Waals surface area contributed by atoms with E-state index in [2.05, 4.69) is 5.32 Å². The Kier molecular flexibility index (Phi) is 8.41. The number of benzene rings is 2. The molecule has 2 rings (SSSR count).